The van der Waals surface area contributed by atoms with Crippen molar-refractivity contribution in [2.24, 2.45) is 0 Å². The number of fused-ring (bicyclic) bond motifs is 6. The highest BCUT2D eigenvalue weighted by atomic mass is 15.0. The van der Waals surface area contributed by atoms with Gasteiger partial charge in [-0.25, -0.2) is 15.0 Å². The predicted octanol–water partition coefficient (Wildman–Crippen LogP) is 15.0. The van der Waals surface area contributed by atoms with Gasteiger partial charge in [0.15, 0.2) is 17.5 Å². The first-order chi connectivity index (χ1) is 31.6. The van der Waals surface area contributed by atoms with Crippen LogP contribution in [0.1, 0.15) is 11.1 Å². The Labute approximate surface area is 371 Å². The molecule has 0 unspecified atom stereocenters. The number of rotatable bonds is 7. The minimum Gasteiger partial charge on any atom is -0.309 e. The van der Waals surface area contributed by atoms with Crippen LogP contribution in [0.3, 0.4) is 0 Å². The second-order valence-corrected chi connectivity index (χ2v) is 16.5. The summed E-state index contributed by atoms with van der Waals surface area (Å²) in [5, 5.41) is 4.88. The van der Waals surface area contributed by atoms with Crippen molar-refractivity contribution in [3.05, 3.63) is 223 Å². The summed E-state index contributed by atoms with van der Waals surface area (Å²) in [7, 11) is 0. The van der Waals surface area contributed by atoms with Crippen LogP contribution in [0.25, 0.3) is 111 Å². The molecule has 0 aliphatic carbocycles. The molecule has 12 rings (SSSR count). The third-order valence-corrected chi connectivity index (χ3v) is 12.6. The fraction of sp³-hybridized carbons (Fsp3) is 0.0339. The smallest absolute Gasteiger partial charge is 0.164 e. The zero-order valence-corrected chi connectivity index (χ0v) is 35.4. The number of hydrogen-bond acceptors (Lipinski definition) is 3. The Morgan fingerprint density at radius 3 is 1.38 bits per heavy atom. The Bertz CT molecular complexity index is 3640. The van der Waals surface area contributed by atoms with Crippen LogP contribution in [0.15, 0.2) is 212 Å². The van der Waals surface area contributed by atoms with Crippen LogP contribution in [-0.2, 0) is 0 Å². The van der Waals surface area contributed by atoms with Gasteiger partial charge in [0.25, 0.3) is 0 Å². The normalized spacial score (nSPS) is 11.6. The molecule has 0 N–H and O–H groups in total. The third kappa shape index (κ3) is 6.20. The molecule has 302 valence electrons. The molecule has 0 saturated carbocycles. The first-order valence-electron chi connectivity index (χ1n) is 21.8. The second kappa shape index (κ2) is 15.2. The second-order valence-electron chi connectivity index (χ2n) is 16.5. The lowest BCUT2D eigenvalue weighted by atomic mass is 9.94. The van der Waals surface area contributed by atoms with Gasteiger partial charge in [-0.1, -0.05) is 164 Å². The van der Waals surface area contributed by atoms with E-state index in [-0.39, 0.29) is 0 Å². The predicted molar refractivity (Wildman–Crippen MR) is 265 cm³/mol. The molecule has 9 aromatic carbocycles. The standard InChI is InChI=1S/C59H41N5/c1-38-17-16-18-39(2)55(38)64-53-28-15-13-26-48(53)51-37-45(44-33-34-54-50(35-44)47-25-12-14-27-52(47)63(54)46-23-10-5-11-24-46)36-49(56(51)64)40-29-31-43(32-30-40)59-61-57(41-19-6-3-7-20-41)60-58(62-59)42-21-8-4-9-22-42/h3-37H,1-2H3. The topological polar surface area (TPSA) is 48.5 Å². The van der Waals surface area contributed by atoms with Crippen LogP contribution in [0, 0.1) is 13.8 Å². The maximum Gasteiger partial charge on any atom is 0.164 e. The molecular formula is C59H41N5. The molecule has 5 heteroatoms. The number of hydrogen-bond donors (Lipinski definition) is 0. The van der Waals surface area contributed by atoms with E-state index in [0.717, 1.165) is 39.1 Å². The lowest BCUT2D eigenvalue weighted by Crippen LogP contribution is -2.01. The SMILES string of the molecule is Cc1cccc(C)c1-n1c2ccccc2c2cc(-c3ccc4c(c3)c3ccccc3n4-c3ccccc3)cc(-c3ccc(-c4nc(-c5ccccc5)nc(-c5ccccc5)n4)cc3)c21. The van der Waals surface area contributed by atoms with Crippen LogP contribution in [0.5, 0.6) is 0 Å². The molecule has 0 bridgehead atoms. The highest BCUT2D eigenvalue weighted by Gasteiger charge is 2.22. The van der Waals surface area contributed by atoms with Crippen LogP contribution < -0.4 is 0 Å². The van der Waals surface area contributed by atoms with Gasteiger partial charge in [0.1, 0.15) is 0 Å². The van der Waals surface area contributed by atoms with Gasteiger partial charge in [0.2, 0.25) is 0 Å². The molecule has 0 spiro atoms. The summed E-state index contributed by atoms with van der Waals surface area (Å²) in [6.45, 7) is 4.43. The van der Waals surface area contributed by atoms with Gasteiger partial charge in [0, 0.05) is 49.5 Å². The molecule has 0 radical (unpaired) electrons. The average molecular weight is 820 g/mol. The first kappa shape index (κ1) is 37.4. The summed E-state index contributed by atoms with van der Waals surface area (Å²) in [6, 6.07) is 75.6. The van der Waals surface area contributed by atoms with Crippen LogP contribution in [0.4, 0.5) is 0 Å². The van der Waals surface area contributed by atoms with Crippen molar-refractivity contribution in [1.29, 1.82) is 0 Å². The quantitative estimate of drug-likeness (QED) is 0.161. The summed E-state index contributed by atoms with van der Waals surface area (Å²) in [5.41, 5.74) is 16.9. The lowest BCUT2D eigenvalue weighted by Gasteiger charge is -2.17. The van der Waals surface area contributed by atoms with E-state index in [2.05, 4.69) is 175 Å². The van der Waals surface area contributed by atoms with E-state index in [4.69, 9.17) is 15.0 Å². The van der Waals surface area contributed by atoms with Gasteiger partial charge in [-0.2, -0.15) is 0 Å². The zero-order chi connectivity index (χ0) is 42.7. The van der Waals surface area contributed by atoms with E-state index in [1.54, 1.807) is 0 Å². The lowest BCUT2D eigenvalue weighted by molar-refractivity contribution is 1.07. The van der Waals surface area contributed by atoms with Gasteiger partial charge < -0.3 is 9.13 Å². The van der Waals surface area contributed by atoms with Crippen molar-refractivity contribution in [1.82, 2.24) is 24.1 Å². The number of nitrogens with zero attached hydrogens (tertiary/aromatic N) is 5. The molecule has 3 aromatic heterocycles. The van der Waals surface area contributed by atoms with Crippen molar-refractivity contribution in [3.8, 4) is 67.8 Å². The largest absolute Gasteiger partial charge is 0.309 e. The maximum absolute atomic E-state index is 5.05. The summed E-state index contributed by atoms with van der Waals surface area (Å²) in [4.78, 5) is 15.0. The van der Waals surface area contributed by atoms with E-state index < -0.39 is 0 Å². The highest BCUT2D eigenvalue weighted by Crippen LogP contribution is 2.44. The third-order valence-electron chi connectivity index (χ3n) is 12.6. The van der Waals surface area contributed by atoms with Crippen LogP contribution in [-0.4, -0.2) is 24.1 Å². The van der Waals surface area contributed by atoms with Gasteiger partial charge in [0.05, 0.1) is 27.8 Å². The Morgan fingerprint density at radius 1 is 0.312 bits per heavy atom. The molecule has 0 aliphatic heterocycles. The van der Waals surface area contributed by atoms with Gasteiger partial charge >= 0.3 is 0 Å². The monoisotopic (exact) mass is 819 g/mol. The zero-order valence-electron chi connectivity index (χ0n) is 35.4. The minimum absolute atomic E-state index is 0.630. The molecule has 12 aromatic rings. The van der Waals surface area contributed by atoms with Gasteiger partial charge in [-0.15, -0.1) is 0 Å². The molecule has 0 amide bonds. The molecule has 0 atom stereocenters. The van der Waals surface area contributed by atoms with Crippen molar-refractivity contribution in [3.63, 3.8) is 0 Å². The Kier molecular flexibility index (Phi) is 8.87. The average Bonchev–Trinajstić information content (AvgIpc) is 3.87. The molecule has 64 heavy (non-hydrogen) atoms. The van der Waals surface area contributed by atoms with E-state index in [0.29, 0.717) is 17.5 Å². The fourth-order valence-electron chi connectivity index (χ4n) is 9.62. The molecule has 3 heterocycles. The van der Waals surface area contributed by atoms with E-state index in [9.17, 15) is 0 Å². The number of benzene rings is 9. The van der Waals surface area contributed by atoms with E-state index in [1.807, 2.05) is 60.7 Å². The summed E-state index contributed by atoms with van der Waals surface area (Å²) in [6.07, 6.45) is 0. The van der Waals surface area contributed by atoms with E-state index >= 15 is 0 Å². The van der Waals surface area contributed by atoms with Crippen LogP contribution >= 0.6 is 0 Å². The number of aryl methyl sites for hydroxylation is 2. The summed E-state index contributed by atoms with van der Waals surface area (Å²) in [5.74, 6) is 1.92. The van der Waals surface area contributed by atoms with Crippen molar-refractivity contribution in [2.45, 2.75) is 13.8 Å². The Morgan fingerprint density at radius 2 is 0.766 bits per heavy atom. The maximum atomic E-state index is 5.05. The molecule has 0 aliphatic rings. The van der Waals surface area contributed by atoms with Gasteiger partial charge in [-0.3, -0.25) is 0 Å². The molecular weight excluding hydrogens is 779 g/mol. The molecule has 0 saturated heterocycles. The first-order valence-corrected chi connectivity index (χ1v) is 21.8. The Hall–Kier alpha value is -8.41. The fourth-order valence-corrected chi connectivity index (χ4v) is 9.62. The number of para-hydroxylation sites is 4. The van der Waals surface area contributed by atoms with Crippen molar-refractivity contribution < 1.29 is 0 Å². The van der Waals surface area contributed by atoms with Crippen LogP contribution in [0.2, 0.25) is 0 Å². The highest BCUT2D eigenvalue weighted by molar-refractivity contribution is 6.16. The summed E-state index contributed by atoms with van der Waals surface area (Å²) >= 11 is 0. The van der Waals surface area contributed by atoms with Gasteiger partial charge in [-0.05, 0) is 90.2 Å². The number of aromatic nitrogens is 5. The Balaban J connectivity index is 1.08. The molecule has 5 nitrogen and oxygen atoms in total. The van der Waals surface area contributed by atoms with E-state index in [1.165, 1.54) is 66.0 Å². The van der Waals surface area contributed by atoms with Crippen molar-refractivity contribution in [2.75, 3.05) is 0 Å². The van der Waals surface area contributed by atoms with Crippen molar-refractivity contribution >= 4 is 43.6 Å². The minimum atomic E-state index is 0.630. The molecule has 0 fully saturated rings. The summed E-state index contributed by atoms with van der Waals surface area (Å²) < 4.78 is 4.87.